The molecule has 0 spiro atoms. The maximum absolute atomic E-state index is 11.8. The highest BCUT2D eigenvalue weighted by Gasteiger charge is 2.50. The van der Waals surface area contributed by atoms with Gasteiger partial charge in [0.2, 0.25) is 0 Å². The molecule has 1 aromatic carbocycles. The maximum atomic E-state index is 11.8. The first-order chi connectivity index (χ1) is 8.25. The fraction of sp³-hybridized carbons (Fsp3) is 0.400. The van der Waals surface area contributed by atoms with Crippen molar-refractivity contribution in [3.63, 3.8) is 0 Å². The molecule has 2 heteroatoms. The van der Waals surface area contributed by atoms with Gasteiger partial charge in [0.05, 0.1) is 5.41 Å². The standard InChI is InChI=1S/C15H16O2/c16-14(17)15-10-4-3-6-12(15)9-8-11-5-1-2-7-13(11)15/h1-5,7,12H,6,8-10H2,(H,16,17)/t12-,15-/m1/s1. The minimum atomic E-state index is -0.663. The molecule has 0 fully saturated rings. The van der Waals surface area contributed by atoms with E-state index in [2.05, 4.69) is 12.1 Å². The summed E-state index contributed by atoms with van der Waals surface area (Å²) in [5.41, 5.74) is 1.61. The van der Waals surface area contributed by atoms with E-state index in [1.54, 1.807) is 0 Å². The molecule has 17 heavy (non-hydrogen) atoms. The van der Waals surface area contributed by atoms with E-state index in [-0.39, 0.29) is 5.92 Å². The van der Waals surface area contributed by atoms with Crippen LogP contribution in [0.15, 0.2) is 36.4 Å². The number of benzene rings is 1. The van der Waals surface area contributed by atoms with Crippen molar-refractivity contribution in [3.05, 3.63) is 47.5 Å². The minimum absolute atomic E-state index is 0.264. The molecule has 0 heterocycles. The van der Waals surface area contributed by atoms with Crippen molar-refractivity contribution in [2.75, 3.05) is 0 Å². The lowest BCUT2D eigenvalue weighted by Gasteiger charge is -2.43. The molecule has 1 aromatic rings. The molecular weight excluding hydrogens is 212 g/mol. The van der Waals surface area contributed by atoms with Gasteiger partial charge in [0.25, 0.3) is 0 Å². The lowest BCUT2D eigenvalue weighted by Crippen LogP contribution is -2.47. The van der Waals surface area contributed by atoms with E-state index in [1.807, 2.05) is 24.3 Å². The highest BCUT2D eigenvalue weighted by molar-refractivity contribution is 5.83. The van der Waals surface area contributed by atoms with Crippen LogP contribution in [0.2, 0.25) is 0 Å². The third-order valence-corrected chi connectivity index (χ3v) is 4.37. The molecule has 1 N–H and O–H groups in total. The zero-order chi connectivity index (χ0) is 11.9. The van der Waals surface area contributed by atoms with Gasteiger partial charge >= 0.3 is 5.97 Å². The van der Waals surface area contributed by atoms with Crippen molar-refractivity contribution in [1.82, 2.24) is 0 Å². The first kappa shape index (κ1) is 10.6. The second-order valence-electron chi connectivity index (χ2n) is 5.08. The van der Waals surface area contributed by atoms with Crippen LogP contribution in [0.25, 0.3) is 0 Å². The number of carboxylic acids is 1. The summed E-state index contributed by atoms with van der Waals surface area (Å²) in [7, 11) is 0. The summed E-state index contributed by atoms with van der Waals surface area (Å²) in [5.74, 6) is -0.390. The first-order valence-corrected chi connectivity index (χ1v) is 6.22. The van der Waals surface area contributed by atoms with Crippen LogP contribution in [0.5, 0.6) is 0 Å². The smallest absolute Gasteiger partial charge is 0.314 e. The molecular formula is C15H16O2. The number of hydrogen-bond acceptors (Lipinski definition) is 1. The van der Waals surface area contributed by atoms with Crippen molar-refractivity contribution in [3.8, 4) is 0 Å². The average Bonchev–Trinajstić information content (AvgIpc) is 2.38. The fourth-order valence-corrected chi connectivity index (χ4v) is 3.47. The van der Waals surface area contributed by atoms with E-state index in [4.69, 9.17) is 0 Å². The Morgan fingerprint density at radius 1 is 1.29 bits per heavy atom. The molecule has 0 bridgehead atoms. The van der Waals surface area contributed by atoms with Crippen LogP contribution in [0, 0.1) is 5.92 Å². The summed E-state index contributed by atoms with van der Waals surface area (Å²) >= 11 is 0. The van der Waals surface area contributed by atoms with Gasteiger partial charge in [-0.3, -0.25) is 4.79 Å². The highest BCUT2D eigenvalue weighted by atomic mass is 16.4. The van der Waals surface area contributed by atoms with Crippen LogP contribution in [-0.4, -0.2) is 11.1 Å². The molecule has 2 aliphatic rings. The predicted octanol–water partition coefficient (Wildman–Crippen LogP) is 2.92. The van der Waals surface area contributed by atoms with Crippen LogP contribution >= 0.6 is 0 Å². The number of aliphatic carboxylic acids is 1. The zero-order valence-corrected chi connectivity index (χ0v) is 9.73. The number of fused-ring (bicyclic) bond motifs is 3. The Labute approximate surface area is 101 Å². The summed E-state index contributed by atoms with van der Waals surface area (Å²) in [6.07, 6.45) is 7.73. The number of hydrogen-bond donors (Lipinski definition) is 1. The molecule has 3 rings (SSSR count). The molecule has 0 aliphatic heterocycles. The van der Waals surface area contributed by atoms with E-state index in [9.17, 15) is 9.90 Å². The van der Waals surface area contributed by atoms with Gasteiger partial charge in [0.1, 0.15) is 0 Å². The lowest BCUT2D eigenvalue weighted by atomic mass is 9.59. The molecule has 0 saturated heterocycles. The van der Waals surface area contributed by atoms with Gasteiger partial charge in [-0.05, 0) is 42.7 Å². The van der Waals surface area contributed by atoms with Crippen LogP contribution < -0.4 is 0 Å². The van der Waals surface area contributed by atoms with Crippen molar-refractivity contribution in [2.24, 2.45) is 5.92 Å². The number of rotatable bonds is 1. The molecule has 0 radical (unpaired) electrons. The summed E-state index contributed by atoms with van der Waals surface area (Å²) in [6.45, 7) is 0. The van der Waals surface area contributed by atoms with Crippen LogP contribution in [0.4, 0.5) is 0 Å². The van der Waals surface area contributed by atoms with Gasteiger partial charge in [-0.25, -0.2) is 0 Å². The summed E-state index contributed by atoms with van der Waals surface area (Å²) in [4.78, 5) is 11.8. The van der Waals surface area contributed by atoms with Crippen LogP contribution in [0.1, 0.15) is 30.4 Å². The lowest BCUT2D eigenvalue weighted by molar-refractivity contribution is -0.147. The van der Waals surface area contributed by atoms with Crippen LogP contribution in [-0.2, 0) is 16.6 Å². The van der Waals surface area contributed by atoms with E-state index in [0.29, 0.717) is 6.42 Å². The van der Waals surface area contributed by atoms with Crippen molar-refractivity contribution < 1.29 is 9.90 Å². The number of carbonyl (C=O) groups is 1. The molecule has 2 atom stereocenters. The summed E-state index contributed by atoms with van der Waals surface area (Å²) < 4.78 is 0. The molecule has 0 amide bonds. The second kappa shape index (κ2) is 3.73. The molecule has 88 valence electrons. The summed E-state index contributed by atoms with van der Waals surface area (Å²) in [6, 6.07) is 8.06. The molecule has 2 nitrogen and oxygen atoms in total. The van der Waals surface area contributed by atoms with Gasteiger partial charge in [-0.2, -0.15) is 0 Å². The maximum Gasteiger partial charge on any atom is 0.314 e. The zero-order valence-electron chi connectivity index (χ0n) is 9.73. The van der Waals surface area contributed by atoms with E-state index >= 15 is 0 Å². The Hall–Kier alpha value is -1.57. The van der Waals surface area contributed by atoms with Crippen molar-refractivity contribution >= 4 is 5.97 Å². The monoisotopic (exact) mass is 228 g/mol. The fourth-order valence-electron chi connectivity index (χ4n) is 3.47. The molecule has 0 saturated carbocycles. The van der Waals surface area contributed by atoms with Crippen molar-refractivity contribution in [2.45, 2.75) is 31.1 Å². The number of allylic oxidation sites excluding steroid dienone is 2. The van der Waals surface area contributed by atoms with Crippen molar-refractivity contribution in [1.29, 1.82) is 0 Å². The number of carboxylic acid groups (broad SMARTS) is 1. The molecule has 2 aliphatic carbocycles. The third kappa shape index (κ3) is 1.36. The molecule has 0 aromatic heterocycles. The number of aryl methyl sites for hydroxylation is 1. The Balaban J connectivity index is 2.22. The first-order valence-electron chi connectivity index (χ1n) is 6.22. The van der Waals surface area contributed by atoms with Gasteiger partial charge in [0.15, 0.2) is 0 Å². The largest absolute Gasteiger partial charge is 0.481 e. The van der Waals surface area contributed by atoms with Crippen LogP contribution in [0.3, 0.4) is 0 Å². The SMILES string of the molecule is O=C(O)[C@]12CC=CC[C@@H]1CCc1ccccc12. The van der Waals surface area contributed by atoms with E-state index < -0.39 is 11.4 Å². The predicted molar refractivity (Wildman–Crippen MR) is 65.9 cm³/mol. The summed E-state index contributed by atoms with van der Waals surface area (Å²) in [5, 5.41) is 9.74. The van der Waals surface area contributed by atoms with Gasteiger partial charge in [-0.1, -0.05) is 36.4 Å². The second-order valence-corrected chi connectivity index (χ2v) is 5.08. The minimum Gasteiger partial charge on any atom is -0.481 e. The average molecular weight is 228 g/mol. The Morgan fingerprint density at radius 3 is 2.94 bits per heavy atom. The molecule has 0 unspecified atom stereocenters. The normalized spacial score (nSPS) is 30.5. The van der Waals surface area contributed by atoms with E-state index in [0.717, 1.165) is 24.8 Å². The quantitative estimate of drug-likeness (QED) is 0.750. The van der Waals surface area contributed by atoms with E-state index in [1.165, 1.54) is 5.56 Å². The van der Waals surface area contributed by atoms with Gasteiger partial charge < -0.3 is 5.11 Å². The Kier molecular flexibility index (Phi) is 2.32. The Morgan fingerprint density at radius 2 is 2.12 bits per heavy atom. The topological polar surface area (TPSA) is 37.3 Å². The highest BCUT2D eigenvalue weighted by Crippen LogP contribution is 2.48. The van der Waals surface area contributed by atoms with Gasteiger partial charge in [0, 0.05) is 0 Å². The third-order valence-electron chi connectivity index (χ3n) is 4.37. The Bertz CT molecular complexity index is 489. The van der Waals surface area contributed by atoms with Gasteiger partial charge in [-0.15, -0.1) is 0 Å².